The molecule has 3 aromatic rings. The summed E-state index contributed by atoms with van der Waals surface area (Å²) in [5.74, 6) is -0.405. The van der Waals surface area contributed by atoms with Crippen molar-refractivity contribution in [2.75, 3.05) is 25.0 Å². The molecule has 10 nitrogen and oxygen atoms in total. The summed E-state index contributed by atoms with van der Waals surface area (Å²) in [7, 11) is 1.92. The standard InChI is InChI=1S/C25H29N7O3.2ClH/c1-25(29-15-22(33)34,24(35)32-11-3-4-12-32)17-7-10-20-19(13-17)30-21(31(20)2)14-28-18-8-5-16(6-9-18)23(26)27;;/h3-10,13,28-29H,11-12,14-15H2,1-2H3,(H3,26,27)(H,33,34);2*1H. The Bertz CT molecular complexity index is 1320. The highest BCUT2D eigenvalue weighted by Gasteiger charge is 2.39. The normalized spacial score (nSPS) is 13.9. The van der Waals surface area contributed by atoms with E-state index in [0.717, 1.165) is 17.0 Å². The van der Waals surface area contributed by atoms with E-state index in [9.17, 15) is 14.7 Å². The molecule has 0 fully saturated rings. The number of anilines is 1. The fourth-order valence-electron chi connectivity index (χ4n) is 4.18. The summed E-state index contributed by atoms with van der Waals surface area (Å²) in [5, 5.41) is 23.0. The van der Waals surface area contributed by atoms with Crippen molar-refractivity contribution in [3.05, 3.63) is 71.6 Å². The molecule has 1 unspecified atom stereocenters. The van der Waals surface area contributed by atoms with E-state index in [2.05, 4.69) is 10.6 Å². The monoisotopic (exact) mass is 547 g/mol. The number of rotatable bonds is 9. The summed E-state index contributed by atoms with van der Waals surface area (Å²) < 4.78 is 1.98. The quantitative estimate of drug-likeness (QED) is 0.157. The molecule has 0 bridgehead atoms. The van der Waals surface area contributed by atoms with E-state index in [0.29, 0.717) is 36.3 Å². The maximum Gasteiger partial charge on any atom is 0.317 e. The van der Waals surface area contributed by atoms with Gasteiger partial charge in [0, 0.05) is 31.4 Å². The zero-order valence-electron chi connectivity index (χ0n) is 20.5. The number of carbonyl (C=O) groups is 2. The fraction of sp³-hybridized carbons (Fsp3) is 0.280. The number of halogens is 2. The first-order chi connectivity index (χ1) is 16.7. The Morgan fingerprint density at radius 1 is 1.14 bits per heavy atom. The fourth-order valence-corrected chi connectivity index (χ4v) is 4.18. The number of hydrogen-bond acceptors (Lipinski definition) is 6. The lowest BCUT2D eigenvalue weighted by molar-refractivity contribution is -0.139. The van der Waals surface area contributed by atoms with Crippen LogP contribution in [-0.4, -0.2) is 56.9 Å². The number of aromatic nitrogens is 2. The van der Waals surface area contributed by atoms with E-state index in [1.54, 1.807) is 24.0 Å². The number of carbonyl (C=O) groups excluding carboxylic acids is 1. The third-order valence-corrected chi connectivity index (χ3v) is 6.32. The number of amides is 1. The molecule has 1 aromatic heterocycles. The zero-order valence-corrected chi connectivity index (χ0v) is 22.2. The Morgan fingerprint density at radius 3 is 2.38 bits per heavy atom. The molecule has 0 radical (unpaired) electrons. The number of imidazole rings is 1. The van der Waals surface area contributed by atoms with Gasteiger partial charge in [0.15, 0.2) is 0 Å². The first-order valence-electron chi connectivity index (χ1n) is 11.2. The molecule has 0 spiro atoms. The molecule has 0 saturated carbocycles. The van der Waals surface area contributed by atoms with Crippen molar-refractivity contribution < 1.29 is 14.7 Å². The minimum absolute atomic E-state index is 0. The van der Waals surface area contributed by atoms with Gasteiger partial charge in [-0.15, -0.1) is 24.8 Å². The van der Waals surface area contributed by atoms with Gasteiger partial charge in [0.25, 0.3) is 0 Å². The number of aliphatic carboxylic acids is 1. The molecule has 1 aliphatic rings. The average Bonchev–Trinajstić information content (AvgIpc) is 3.49. The lowest BCUT2D eigenvalue weighted by Gasteiger charge is -2.33. The summed E-state index contributed by atoms with van der Waals surface area (Å²) in [4.78, 5) is 31.1. The molecule has 0 saturated heterocycles. The maximum absolute atomic E-state index is 13.4. The maximum atomic E-state index is 13.4. The van der Waals surface area contributed by atoms with E-state index in [1.807, 2.05) is 54.1 Å². The van der Waals surface area contributed by atoms with Crippen LogP contribution in [0.25, 0.3) is 11.0 Å². The highest BCUT2D eigenvalue weighted by atomic mass is 35.5. The summed E-state index contributed by atoms with van der Waals surface area (Å²) in [6, 6.07) is 12.9. The average molecular weight is 548 g/mol. The Morgan fingerprint density at radius 2 is 1.78 bits per heavy atom. The molecule has 37 heavy (non-hydrogen) atoms. The van der Waals surface area contributed by atoms with E-state index in [4.69, 9.17) is 16.1 Å². The number of hydrogen-bond donors (Lipinski definition) is 5. The number of nitrogen functional groups attached to an aromatic ring is 1. The number of nitrogens with two attached hydrogens (primary N) is 1. The van der Waals surface area contributed by atoms with Gasteiger partial charge in [-0.3, -0.25) is 20.3 Å². The van der Waals surface area contributed by atoms with Crippen LogP contribution in [0, 0.1) is 5.41 Å². The molecule has 1 amide bonds. The van der Waals surface area contributed by atoms with Crippen LogP contribution < -0.4 is 16.4 Å². The van der Waals surface area contributed by atoms with Crippen molar-refractivity contribution in [2.24, 2.45) is 12.8 Å². The number of amidine groups is 1. The lowest BCUT2D eigenvalue weighted by atomic mass is 9.89. The Kier molecular flexibility index (Phi) is 9.68. The van der Waals surface area contributed by atoms with Crippen LogP contribution in [-0.2, 0) is 28.7 Å². The van der Waals surface area contributed by atoms with Gasteiger partial charge >= 0.3 is 5.97 Å². The second-order valence-electron chi connectivity index (χ2n) is 8.69. The predicted octanol–water partition coefficient (Wildman–Crippen LogP) is 2.60. The highest BCUT2D eigenvalue weighted by molar-refractivity contribution is 5.95. The molecule has 6 N–H and O–H groups in total. The minimum Gasteiger partial charge on any atom is -0.480 e. The summed E-state index contributed by atoms with van der Waals surface area (Å²) >= 11 is 0. The van der Waals surface area contributed by atoms with E-state index in [1.165, 1.54) is 0 Å². The molecule has 198 valence electrons. The second-order valence-corrected chi connectivity index (χ2v) is 8.69. The van der Waals surface area contributed by atoms with Gasteiger partial charge < -0.3 is 25.6 Å². The molecule has 2 heterocycles. The van der Waals surface area contributed by atoms with E-state index < -0.39 is 11.5 Å². The molecular formula is C25H31Cl2N7O3. The Hall–Kier alpha value is -3.60. The number of carboxylic acid groups (broad SMARTS) is 1. The van der Waals surface area contributed by atoms with Crippen molar-refractivity contribution in [3.8, 4) is 0 Å². The van der Waals surface area contributed by atoms with Gasteiger partial charge in [0.2, 0.25) is 5.91 Å². The van der Waals surface area contributed by atoms with Crippen molar-refractivity contribution >= 4 is 59.2 Å². The van der Waals surface area contributed by atoms with Gasteiger partial charge in [0.05, 0.1) is 24.1 Å². The molecular weight excluding hydrogens is 517 g/mol. The summed E-state index contributed by atoms with van der Waals surface area (Å²) in [6.45, 7) is 2.83. The van der Waals surface area contributed by atoms with Gasteiger partial charge in [0.1, 0.15) is 17.2 Å². The zero-order chi connectivity index (χ0) is 25.2. The first kappa shape index (κ1) is 29.6. The van der Waals surface area contributed by atoms with Gasteiger partial charge in [-0.1, -0.05) is 18.2 Å². The third-order valence-electron chi connectivity index (χ3n) is 6.32. The lowest BCUT2D eigenvalue weighted by Crippen LogP contribution is -2.54. The van der Waals surface area contributed by atoms with Gasteiger partial charge in [-0.2, -0.15) is 0 Å². The number of benzene rings is 2. The first-order valence-corrected chi connectivity index (χ1v) is 11.2. The van der Waals surface area contributed by atoms with Crippen LogP contribution >= 0.6 is 24.8 Å². The number of carboxylic acids is 1. The van der Waals surface area contributed by atoms with Crippen LogP contribution in [0.2, 0.25) is 0 Å². The minimum atomic E-state index is -1.22. The number of fused-ring (bicyclic) bond motifs is 1. The predicted molar refractivity (Wildman–Crippen MR) is 149 cm³/mol. The highest BCUT2D eigenvalue weighted by Crippen LogP contribution is 2.28. The number of nitrogens with one attached hydrogen (secondary N) is 3. The van der Waals surface area contributed by atoms with Crippen LogP contribution in [0.3, 0.4) is 0 Å². The topological polar surface area (TPSA) is 149 Å². The largest absolute Gasteiger partial charge is 0.480 e. The van der Waals surface area contributed by atoms with Crippen molar-refractivity contribution in [1.82, 2.24) is 19.8 Å². The van der Waals surface area contributed by atoms with E-state index >= 15 is 0 Å². The van der Waals surface area contributed by atoms with Crippen LogP contribution in [0.4, 0.5) is 5.69 Å². The number of aryl methyl sites for hydroxylation is 1. The van der Waals surface area contributed by atoms with Crippen molar-refractivity contribution in [1.29, 1.82) is 5.41 Å². The van der Waals surface area contributed by atoms with Crippen LogP contribution in [0.15, 0.2) is 54.6 Å². The van der Waals surface area contributed by atoms with Crippen LogP contribution in [0.1, 0.15) is 23.9 Å². The third kappa shape index (κ3) is 6.22. The summed E-state index contributed by atoms with van der Waals surface area (Å²) in [6.07, 6.45) is 3.84. The second kappa shape index (κ2) is 12.1. The van der Waals surface area contributed by atoms with Crippen molar-refractivity contribution in [3.63, 3.8) is 0 Å². The van der Waals surface area contributed by atoms with E-state index in [-0.39, 0.29) is 43.1 Å². The van der Waals surface area contributed by atoms with Crippen molar-refractivity contribution in [2.45, 2.75) is 19.0 Å². The molecule has 2 aromatic carbocycles. The molecule has 12 heteroatoms. The molecule has 4 rings (SSSR count). The Labute approximate surface area is 227 Å². The summed E-state index contributed by atoms with van der Waals surface area (Å²) in [5.41, 5.74) is 8.09. The van der Waals surface area contributed by atoms with Gasteiger partial charge in [-0.25, -0.2) is 4.98 Å². The van der Waals surface area contributed by atoms with Crippen LogP contribution in [0.5, 0.6) is 0 Å². The SMILES string of the molecule is Cl.Cl.Cn1c(CNc2ccc(C(=N)N)cc2)nc2cc(C(C)(NCC(=O)O)C(=O)N3CC=CC3)ccc21. The molecule has 1 atom stereocenters. The van der Waals surface area contributed by atoms with Gasteiger partial charge in [-0.05, 0) is 48.9 Å². The number of nitrogens with zero attached hydrogens (tertiary/aromatic N) is 3. The molecule has 0 aliphatic carbocycles. The smallest absolute Gasteiger partial charge is 0.317 e. The Balaban J connectivity index is 0.00000241. The molecule has 1 aliphatic heterocycles.